The van der Waals surface area contributed by atoms with E-state index in [1.165, 1.54) is 5.69 Å². The molecule has 1 aromatic rings. The van der Waals surface area contributed by atoms with Gasteiger partial charge < -0.3 is 10.0 Å². The summed E-state index contributed by atoms with van der Waals surface area (Å²) < 4.78 is 0. The van der Waals surface area contributed by atoms with Gasteiger partial charge in [0.15, 0.2) is 0 Å². The first kappa shape index (κ1) is 13.4. The maximum Gasteiger partial charge on any atom is 0.0446 e. The van der Waals surface area contributed by atoms with E-state index in [0.29, 0.717) is 6.04 Å². The molecule has 0 amide bonds. The highest BCUT2D eigenvalue weighted by Crippen LogP contribution is 2.28. The van der Waals surface area contributed by atoms with Crippen LogP contribution >= 0.6 is 0 Å². The van der Waals surface area contributed by atoms with Gasteiger partial charge in [-0.05, 0) is 39.4 Å². The molecule has 100 valence electrons. The van der Waals surface area contributed by atoms with E-state index in [9.17, 15) is 5.11 Å². The average molecular weight is 248 g/mol. The summed E-state index contributed by atoms with van der Waals surface area (Å²) in [7, 11) is 2.17. The largest absolute Gasteiger partial charge is 0.396 e. The Morgan fingerprint density at radius 3 is 2.56 bits per heavy atom. The molecule has 18 heavy (non-hydrogen) atoms. The van der Waals surface area contributed by atoms with Crippen LogP contribution < -0.4 is 4.90 Å². The summed E-state index contributed by atoms with van der Waals surface area (Å²) in [5.41, 5.74) is 1.41. The smallest absolute Gasteiger partial charge is 0.0446 e. The first-order valence-electron chi connectivity index (χ1n) is 6.68. The second kappa shape index (κ2) is 5.29. The number of hydrogen-bond donors (Lipinski definition) is 1. The molecular weight excluding hydrogens is 224 g/mol. The van der Waals surface area contributed by atoms with Crippen molar-refractivity contribution in [3.8, 4) is 0 Å². The van der Waals surface area contributed by atoms with Crippen molar-refractivity contribution in [3.63, 3.8) is 0 Å². The molecule has 1 saturated heterocycles. The standard InChI is InChI=1S/C15H24N2O/c1-15(2)12-17(13-7-5-4-6-8-13)11-14(9-10-18)16(15)3/h4-8,14,18H,9-12H2,1-3H3. The molecule has 1 aliphatic rings. The van der Waals surface area contributed by atoms with Gasteiger partial charge in [-0.2, -0.15) is 0 Å². The van der Waals surface area contributed by atoms with Gasteiger partial charge in [-0.1, -0.05) is 18.2 Å². The van der Waals surface area contributed by atoms with Crippen LogP contribution in [0.5, 0.6) is 0 Å². The highest BCUT2D eigenvalue weighted by atomic mass is 16.3. The number of hydrogen-bond acceptors (Lipinski definition) is 3. The van der Waals surface area contributed by atoms with Gasteiger partial charge in [-0.15, -0.1) is 0 Å². The fraction of sp³-hybridized carbons (Fsp3) is 0.600. The van der Waals surface area contributed by atoms with Crippen LogP contribution in [0.25, 0.3) is 0 Å². The molecule has 2 rings (SSSR count). The van der Waals surface area contributed by atoms with Crippen LogP contribution in [0.15, 0.2) is 30.3 Å². The van der Waals surface area contributed by atoms with Crippen molar-refractivity contribution >= 4 is 5.69 Å². The van der Waals surface area contributed by atoms with E-state index in [4.69, 9.17) is 0 Å². The van der Waals surface area contributed by atoms with Crippen LogP contribution in [0.1, 0.15) is 20.3 Å². The predicted molar refractivity (Wildman–Crippen MR) is 76.0 cm³/mol. The molecular formula is C15H24N2O. The monoisotopic (exact) mass is 248 g/mol. The van der Waals surface area contributed by atoms with Gasteiger partial charge in [0.1, 0.15) is 0 Å². The molecule has 1 unspecified atom stereocenters. The third-order valence-electron chi connectivity index (χ3n) is 4.10. The lowest BCUT2D eigenvalue weighted by Crippen LogP contribution is -2.62. The van der Waals surface area contributed by atoms with Crippen LogP contribution in [0, 0.1) is 0 Å². The molecule has 0 saturated carbocycles. The molecule has 3 nitrogen and oxygen atoms in total. The van der Waals surface area contributed by atoms with E-state index in [0.717, 1.165) is 19.5 Å². The van der Waals surface area contributed by atoms with E-state index < -0.39 is 0 Å². The van der Waals surface area contributed by atoms with Crippen molar-refractivity contribution in [2.75, 3.05) is 31.6 Å². The fourth-order valence-electron chi connectivity index (χ4n) is 2.78. The van der Waals surface area contributed by atoms with E-state index in [2.05, 4.69) is 61.0 Å². The van der Waals surface area contributed by atoms with Crippen LogP contribution in [-0.2, 0) is 0 Å². The molecule has 1 fully saturated rings. The Labute approximate surface area is 110 Å². The summed E-state index contributed by atoms with van der Waals surface area (Å²) in [6.07, 6.45) is 0.837. The topological polar surface area (TPSA) is 26.7 Å². The van der Waals surface area contributed by atoms with Gasteiger partial charge in [-0.3, -0.25) is 4.90 Å². The highest BCUT2D eigenvalue weighted by Gasteiger charge is 2.37. The molecule has 0 aliphatic carbocycles. The summed E-state index contributed by atoms with van der Waals surface area (Å²) in [5, 5.41) is 9.22. The van der Waals surface area contributed by atoms with Gasteiger partial charge in [-0.25, -0.2) is 0 Å². The lowest BCUT2D eigenvalue weighted by molar-refractivity contribution is 0.0651. The van der Waals surface area contributed by atoms with Crippen molar-refractivity contribution < 1.29 is 5.11 Å². The Kier molecular flexibility index (Phi) is 3.93. The second-order valence-electron chi connectivity index (χ2n) is 5.81. The van der Waals surface area contributed by atoms with Crippen LogP contribution in [0.4, 0.5) is 5.69 Å². The van der Waals surface area contributed by atoms with Crippen LogP contribution in [0.3, 0.4) is 0 Å². The number of nitrogens with zero attached hydrogens (tertiary/aromatic N) is 2. The number of aliphatic hydroxyl groups is 1. The lowest BCUT2D eigenvalue weighted by Gasteiger charge is -2.51. The van der Waals surface area contributed by atoms with Gasteiger partial charge in [0.25, 0.3) is 0 Å². The number of para-hydroxylation sites is 1. The third-order valence-corrected chi connectivity index (χ3v) is 4.10. The summed E-state index contributed by atoms with van der Waals surface area (Å²) >= 11 is 0. The number of aliphatic hydroxyl groups excluding tert-OH is 1. The maximum atomic E-state index is 9.22. The normalized spacial score (nSPS) is 24.2. The van der Waals surface area contributed by atoms with Gasteiger partial charge in [0.05, 0.1) is 0 Å². The Morgan fingerprint density at radius 1 is 1.28 bits per heavy atom. The van der Waals surface area contributed by atoms with Crippen LogP contribution in [0.2, 0.25) is 0 Å². The second-order valence-corrected chi connectivity index (χ2v) is 5.81. The SMILES string of the molecule is CN1C(CCO)CN(c2ccccc2)CC1(C)C. The molecule has 0 radical (unpaired) electrons. The highest BCUT2D eigenvalue weighted by molar-refractivity contribution is 5.47. The summed E-state index contributed by atoms with van der Waals surface area (Å²) in [4.78, 5) is 4.84. The zero-order chi connectivity index (χ0) is 13.2. The number of benzene rings is 1. The van der Waals surface area contributed by atoms with E-state index in [1.807, 2.05) is 0 Å². The van der Waals surface area contributed by atoms with Gasteiger partial charge in [0.2, 0.25) is 0 Å². The molecule has 1 atom stereocenters. The molecule has 1 heterocycles. The van der Waals surface area contributed by atoms with Crippen molar-refractivity contribution in [2.24, 2.45) is 0 Å². The third kappa shape index (κ3) is 2.68. The Bertz CT molecular complexity index is 377. The van der Waals surface area contributed by atoms with Gasteiger partial charge >= 0.3 is 0 Å². The van der Waals surface area contributed by atoms with Crippen molar-refractivity contribution in [3.05, 3.63) is 30.3 Å². The number of anilines is 1. The first-order valence-corrected chi connectivity index (χ1v) is 6.68. The average Bonchev–Trinajstić information content (AvgIpc) is 2.36. The minimum Gasteiger partial charge on any atom is -0.396 e. The first-order chi connectivity index (χ1) is 8.54. The Morgan fingerprint density at radius 2 is 1.94 bits per heavy atom. The summed E-state index contributed by atoms with van der Waals surface area (Å²) in [6, 6.07) is 11.0. The van der Waals surface area contributed by atoms with Crippen molar-refractivity contribution in [1.29, 1.82) is 0 Å². The molecule has 3 heteroatoms. The molecule has 0 aromatic heterocycles. The zero-order valence-corrected chi connectivity index (χ0v) is 11.6. The minimum absolute atomic E-state index is 0.133. The number of piperazine rings is 1. The number of rotatable bonds is 3. The molecule has 0 spiro atoms. The molecule has 0 bridgehead atoms. The molecule has 1 aromatic carbocycles. The Balaban J connectivity index is 2.19. The summed E-state index contributed by atoms with van der Waals surface area (Å²) in [6.45, 7) is 6.81. The lowest BCUT2D eigenvalue weighted by atomic mass is 9.94. The zero-order valence-electron chi connectivity index (χ0n) is 11.6. The van der Waals surface area contributed by atoms with Crippen molar-refractivity contribution in [1.82, 2.24) is 4.90 Å². The van der Waals surface area contributed by atoms with E-state index in [1.54, 1.807) is 0 Å². The number of likely N-dealkylation sites (N-methyl/N-ethyl adjacent to an activating group) is 1. The summed E-state index contributed by atoms with van der Waals surface area (Å²) in [5.74, 6) is 0. The fourth-order valence-corrected chi connectivity index (χ4v) is 2.78. The molecule has 1 N–H and O–H groups in total. The molecule has 1 aliphatic heterocycles. The van der Waals surface area contributed by atoms with E-state index in [-0.39, 0.29) is 12.1 Å². The maximum absolute atomic E-state index is 9.22. The van der Waals surface area contributed by atoms with Gasteiger partial charge in [0, 0.05) is 37.0 Å². The van der Waals surface area contributed by atoms with Crippen LogP contribution in [-0.4, -0.2) is 48.3 Å². The minimum atomic E-state index is 0.133. The van der Waals surface area contributed by atoms with E-state index >= 15 is 0 Å². The van der Waals surface area contributed by atoms with Crippen molar-refractivity contribution in [2.45, 2.75) is 31.8 Å². The Hall–Kier alpha value is -1.06. The quantitative estimate of drug-likeness (QED) is 0.886. The predicted octanol–water partition coefficient (Wildman–Crippen LogP) is 1.97.